The number of rotatable bonds is 6. The summed E-state index contributed by atoms with van der Waals surface area (Å²) in [6.07, 6.45) is 1.78. The number of carbonyl (C=O) groups excluding carboxylic acids is 2. The van der Waals surface area contributed by atoms with Crippen molar-refractivity contribution in [2.75, 3.05) is 12.3 Å². The molecule has 0 aliphatic heterocycles. The predicted octanol–water partition coefficient (Wildman–Crippen LogP) is 0.716. The van der Waals surface area contributed by atoms with Gasteiger partial charge in [-0.1, -0.05) is 0 Å². The number of unbranched alkanes of at least 4 members (excludes halogenated alkanes) is 1. The molecule has 0 aliphatic carbocycles. The summed E-state index contributed by atoms with van der Waals surface area (Å²) in [5, 5.41) is 4.51. The highest BCUT2D eigenvalue weighted by Crippen LogP contribution is 2.18. The fraction of sp³-hybridized carbons (Fsp3) is 0.400. The molecule has 1 heterocycles. The van der Waals surface area contributed by atoms with Crippen LogP contribution >= 0.6 is 11.3 Å². The number of nitrogens with two attached hydrogens (primary N) is 2. The topological polar surface area (TPSA) is 98.2 Å². The molecule has 5 nitrogen and oxygen atoms in total. The molecule has 0 saturated heterocycles. The van der Waals surface area contributed by atoms with Crippen LogP contribution in [0.4, 0.5) is 5.69 Å². The largest absolute Gasteiger partial charge is 0.397 e. The molecule has 0 radical (unpaired) electrons. The molecule has 1 rings (SSSR count). The number of hydrogen-bond acceptors (Lipinski definition) is 4. The first-order valence-electron chi connectivity index (χ1n) is 5.00. The van der Waals surface area contributed by atoms with E-state index in [9.17, 15) is 9.59 Å². The fourth-order valence-electron chi connectivity index (χ4n) is 1.21. The van der Waals surface area contributed by atoms with Crippen molar-refractivity contribution in [3.8, 4) is 0 Å². The van der Waals surface area contributed by atoms with Gasteiger partial charge in [0.2, 0.25) is 5.91 Å². The average Bonchev–Trinajstić information content (AvgIpc) is 2.63. The smallest absolute Gasteiger partial charge is 0.263 e. The molecule has 0 unspecified atom stereocenters. The van der Waals surface area contributed by atoms with E-state index >= 15 is 0 Å². The minimum absolute atomic E-state index is 0.161. The van der Waals surface area contributed by atoms with E-state index in [2.05, 4.69) is 5.32 Å². The van der Waals surface area contributed by atoms with Gasteiger partial charge in [-0.25, -0.2) is 0 Å². The van der Waals surface area contributed by atoms with Gasteiger partial charge in [-0.15, -0.1) is 11.3 Å². The van der Waals surface area contributed by atoms with Crippen molar-refractivity contribution < 1.29 is 9.59 Å². The van der Waals surface area contributed by atoms with Crippen molar-refractivity contribution in [2.45, 2.75) is 19.3 Å². The minimum Gasteiger partial charge on any atom is -0.397 e. The van der Waals surface area contributed by atoms with E-state index in [0.717, 1.165) is 6.42 Å². The van der Waals surface area contributed by atoms with E-state index in [0.29, 0.717) is 30.0 Å². The molecule has 1 aromatic rings. The van der Waals surface area contributed by atoms with Crippen LogP contribution in [-0.2, 0) is 4.79 Å². The molecular formula is C10H15N3O2S. The van der Waals surface area contributed by atoms with Gasteiger partial charge < -0.3 is 16.8 Å². The monoisotopic (exact) mass is 241 g/mol. The van der Waals surface area contributed by atoms with Gasteiger partial charge in [0.1, 0.15) is 4.88 Å². The Bertz CT molecular complexity index is 376. The van der Waals surface area contributed by atoms with Crippen LogP contribution in [0, 0.1) is 0 Å². The van der Waals surface area contributed by atoms with Crippen LogP contribution in [0.1, 0.15) is 28.9 Å². The Hall–Kier alpha value is -1.56. The zero-order valence-corrected chi connectivity index (χ0v) is 9.68. The Morgan fingerprint density at radius 3 is 2.69 bits per heavy atom. The number of anilines is 1. The Labute approximate surface area is 97.8 Å². The molecule has 0 aliphatic rings. The third-order valence-electron chi connectivity index (χ3n) is 2.04. The zero-order valence-electron chi connectivity index (χ0n) is 8.86. The highest BCUT2D eigenvalue weighted by molar-refractivity contribution is 7.12. The maximum atomic E-state index is 11.6. The second-order valence-corrected chi connectivity index (χ2v) is 4.30. The average molecular weight is 241 g/mol. The maximum absolute atomic E-state index is 11.6. The molecule has 2 amide bonds. The van der Waals surface area contributed by atoms with E-state index < -0.39 is 0 Å². The summed E-state index contributed by atoms with van der Waals surface area (Å²) in [5.74, 6) is -0.472. The number of amides is 2. The lowest BCUT2D eigenvalue weighted by molar-refractivity contribution is -0.118. The van der Waals surface area contributed by atoms with Crippen LogP contribution in [0.2, 0.25) is 0 Å². The van der Waals surface area contributed by atoms with Crippen molar-refractivity contribution in [1.29, 1.82) is 0 Å². The molecule has 0 saturated carbocycles. The SMILES string of the molecule is NC(=O)CCCCNC(=O)c1sccc1N. The molecule has 6 heteroatoms. The summed E-state index contributed by atoms with van der Waals surface area (Å²) in [6, 6.07) is 1.70. The molecule has 0 atom stereocenters. The summed E-state index contributed by atoms with van der Waals surface area (Å²) in [6.45, 7) is 0.531. The van der Waals surface area contributed by atoms with Crippen molar-refractivity contribution in [3.05, 3.63) is 16.3 Å². The van der Waals surface area contributed by atoms with E-state index in [1.54, 1.807) is 11.4 Å². The lowest BCUT2D eigenvalue weighted by Crippen LogP contribution is -2.24. The molecule has 88 valence electrons. The lowest BCUT2D eigenvalue weighted by Gasteiger charge is -2.03. The van der Waals surface area contributed by atoms with E-state index in [1.165, 1.54) is 11.3 Å². The van der Waals surface area contributed by atoms with Gasteiger partial charge in [0, 0.05) is 13.0 Å². The van der Waals surface area contributed by atoms with Gasteiger partial charge in [0.05, 0.1) is 5.69 Å². The van der Waals surface area contributed by atoms with E-state index in [4.69, 9.17) is 11.5 Å². The molecule has 0 fully saturated rings. The van der Waals surface area contributed by atoms with Gasteiger partial charge in [-0.2, -0.15) is 0 Å². The Morgan fingerprint density at radius 1 is 1.38 bits per heavy atom. The summed E-state index contributed by atoms with van der Waals surface area (Å²) in [4.78, 5) is 22.5. The predicted molar refractivity (Wildman–Crippen MR) is 64.1 cm³/mol. The third-order valence-corrected chi connectivity index (χ3v) is 2.97. The van der Waals surface area contributed by atoms with Crippen LogP contribution in [0.25, 0.3) is 0 Å². The normalized spacial score (nSPS) is 10.0. The summed E-state index contributed by atoms with van der Waals surface area (Å²) in [7, 11) is 0. The highest BCUT2D eigenvalue weighted by atomic mass is 32.1. The van der Waals surface area contributed by atoms with Crippen molar-refractivity contribution in [2.24, 2.45) is 5.73 Å². The van der Waals surface area contributed by atoms with Crippen LogP contribution in [0.3, 0.4) is 0 Å². The highest BCUT2D eigenvalue weighted by Gasteiger charge is 2.09. The molecule has 0 aromatic carbocycles. The number of nitrogens with one attached hydrogen (secondary N) is 1. The van der Waals surface area contributed by atoms with Crippen LogP contribution in [0.5, 0.6) is 0 Å². The zero-order chi connectivity index (χ0) is 12.0. The van der Waals surface area contributed by atoms with E-state index in [-0.39, 0.29) is 11.8 Å². The molecule has 16 heavy (non-hydrogen) atoms. The quantitative estimate of drug-likeness (QED) is 0.640. The number of thiophene rings is 1. The van der Waals surface area contributed by atoms with Crippen molar-refractivity contribution in [3.63, 3.8) is 0 Å². The van der Waals surface area contributed by atoms with Crippen LogP contribution in [-0.4, -0.2) is 18.4 Å². The minimum atomic E-state index is -0.311. The van der Waals surface area contributed by atoms with E-state index in [1.807, 2.05) is 0 Å². The van der Waals surface area contributed by atoms with Crippen LogP contribution < -0.4 is 16.8 Å². The second-order valence-electron chi connectivity index (χ2n) is 3.38. The van der Waals surface area contributed by atoms with Crippen molar-refractivity contribution in [1.82, 2.24) is 5.32 Å². The first kappa shape index (κ1) is 12.5. The molecular weight excluding hydrogens is 226 g/mol. The number of nitrogen functional groups attached to an aromatic ring is 1. The Morgan fingerprint density at radius 2 is 2.12 bits per heavy atom. The van der Waals surface area contributed by atoms with Gasteiger partial charge >= 0.3 is 0 Å². The third kappa shape index (κ3) is 3.90. The lowest BCUT2D eigenvalue weighted by atomic mass is 10.2. The Balaban J connectivity index is 2.21. The second kappa shape index (κ2) is 6.12. The number of carbonyl (C=O) groups is 2. The van der Waals surface area contributed by atoms with Gasteiger partial charge in [0.15, 0.2) is 0 Å². The molecule has 1 aromatic heterocycles. The molecule has 0 bridgehead atoms. The van der Waals surface area contributed by atoms with Gasteiger partial charge in [-0.3, -0.25) is 9.59 Å². The number of hydrogen-bond donors (Lipinski definition) is 3. The fourth-order valence-corrected chi connectivity index (χ4v) is 1.94. The molecule has 0 spiro atoms. The Kier molecular flexibility index (Phi) is 4.78. The van der Waals surface area contributed by atoms with Gasteiger partial charge in [0.25, 0.3) is 5.91 Å². The summed E-state index contributed by atoms with van der Waals surface area (Å²) < 4.78 is 0. The summed E-state index contributed by atoms with van der Waals surface area (Å²) in [5.41, 5.74) is 11.1. The first-order valence-corrected chi connectivity index (χ1v) is 5.88. The molecule has 5 N–H and O–H groups in total. The maximum Gasteiger partial charge on any atom is 0.263 e. The summed E-state index contributed by atoms with van der Waals surface area (Å²) >= 11 is 1.32. The van der Waals surface area contributed by atoms with Crippen LogP contribution in [0.15, 0.2) is 11.4 Å². The van der Waals surface area contributed by atoms with Gasteiger partial charge in [-0.05, 0) is 24.3 Å². The first-order chi connectivity index (χ1) is 7.61. The standard InChI is InChI=1S/C10H15N3O2S/c11-7-4-6-16-9(7)10(15)13-5-2-1-3-8(12)14/h4,6H,1-3,5,11H2,(H2,12,14)(H,13,15). The van der Waals surface area contributed by atoms with Crippen molar-refractivity contribution >= 4 is 28.8 Å². The number of primary amides is 1.